The third-order valence-electron chi connectivity index (χ3n) is 1.34. The second-order valence-electron chi connectivity index (χ2n) is 2.26. The van der Waals surface area contributed by atoms with Gasteiger partial charge in [-0.1, -0.05) is 0 Å². The number of carboxylic acids is 1. The lowest BCUT2D eigenvalue weighted by Crippen LogP contribution is -2.11. The number of hydrogen-bond acceptors (Lipinski definition) is 3. The van der Waals surface area contributed by atoms with Gasteiger partial charge in [0.25, 0.3) is 0 Å². The summed E-state index contributed by atoms with van der Waals surface area (Å²) in [5.74, 6) is -1.32. The van der Waals surface area contributed by atoms with E-state index in [-0.39, 0.29) is 5.69 Å². The Balaban J connectivity index is 3.03. The molecule has 0 bridgehead atoms. The Kier molecular flexibility index (Phi) is 3.40. The molecule has 0 aliphatic rings. The highest BCUT2D eigenvalue weighted by Crippen LogP contribution is 2.24. The monoisotopic (exact) mass is 309 g/mol. The second-order valence-corrected chi connectivity index (χ2v) is 3.97. The predicted molar refractivity (Wildman–Crippen MR) is 52.2 cm³/mol. The van der Waals surface area contributed by atoms with E-state index in [1.807, 2.05) is 0 Å². The number of nitrogens with zero attached hydrogens (tertiary/aromatic N) is 1. The number of pyridine rings is 1. The number of halogens is 2. The van der Waals surface area contributed by atoms with Gasteiger partial charge in [0.2, 0.25) is 0 Å². The maximum Gasteiger partial charge on any atom is 0.338 e. The first-order chi connectivity index (χ1) is 6.02. The Labute approximate surface area is 90.9 Å². The Morgan fingerprint density at radius 2 is 2.08 bits per heavy atom. The standard InChI is InChI=1S/C7H5Br2NO3/c8-3-1-5(6(11)7(12)13)10-2-4(3)9/h1-2,6,11H,(H,12,13). The molecule has 0 fully saturated rings. The fourth-order valence-electron chi connectivity index (χ4n) is 0.705. The van der Waals surface area contributed by atoms with Gasteiger partial charge in [-0.05, 0) is 37.9 Å². The molecule has 1 aromatic heterocycles. The highest BCUT2D eigenvalue weighted by atomic mass is 79.9. The van der Waals surface area contributed by atoms with Gasteiger partial charge in [-0.25, -0.2) is 4.79 Å². The van der Waals surface area contributed by atoms with E-state index >= 15 is 0 Å². The lowest BCUT2D eigenvalue weighted by molar-refractivity contribution is -0.147. The molecule has 13 heavy (non-hydrogen) atoms. The minimum Gasteiger partial charge on any atom is -0.479 e. The van der Waals surface area contributed by atoms with Crippen molar-refractivity contribution in [3.05, 3.63) is 26.9 Å². The summed E-state index contributed by atoms with van der Waals surface area (Å²) in [4.78, 5) is 14.1. The number of aliphatic carboxylic acids is 1. The smallest absolute Gasteiger partial charge is 0.338 e. The van der Waals surface area contributed by atoms with Gasteiger partial charge in [-0.3, -0.25) is 4.98 Å². The van der Waals surface area contributed by atoms with Crippen LogP contribution < -0.4 is 0 Å². The molecular formula is C7H5Br2NO3. The van der Waals surface area contributed by atoms with Crippen molar-refractivity contribution < 1.29 is 15.0 Å². The summed E-state index contributed by atoms with van der Waals surface area (Å²) in [7, 11) is 0. The van der Waals surface area contributed by atoms with Crippen molar-refractivity contribution in [2.75, 3.05) is 0 Å². The molecule has 70 valence electrons. The van der Waals surface area contributed by atoms with Crippen molar-refractivity contribution in [1.29, 1.82) is 0 Å². The zero-order chi connectivity index (χ0) is 10.0. The van der Waals surface area contributed by atoms with Crippen LogP contribution in [0.4, 0.5) is 0 Å². The molecule has 0 amide bonds. The quantitative estimate of drug-likeness (QED) is 0.872. The molecular weight excluding hydrogens is 306 g/mol. The van der Waals surface area contributed by atoms with Crippen molar-refractivity contribution in [3.63, 3.8) is 0 Å². The van der Waals surface area contributed by atoms with E-state index in [1.54, 1.807) is 0 Å². The summed E-state index contributed by atoms with van der Waals surface area (Å²) >= 11 is 6.35. The van der Waals surface area contributed by atoms with E-state index in [4.69, 9.17) is 10.2 Å². The average Bonchev–Trinajstić information content (AvgIpc) is 2.08. The number of rotatable bonds is 2. The Morgan fingerprint density at radius 1 is 1.46 bits per heavy atom. The third kappa shape index (κ3) is 2.49. The van der Waals surface area contributed by atoms with Crippen molar-refractivity contribution in [1.82, 2.24) is 4.98 Å². The number of aromatic nitrogens is 1. The highest BCUT2D eigenvalue weighted by molar-refractivity contribution is 9.13. The summed E-state index contributed by atoms with van der Waals surface area (Å²) in [6, 6.07) is 1.45. The normalized spacial score (nSPS) is 12.5. The van der Waals surface area contributed by atoms with Gasteiger partial charge >= 0.3 is 5.97 Å². The molecule has 2 N–H and O–H groups in total. The van der Waals surface area contributed by atoms with E-state index in [9.17, 15) is 4.79 Å². The van der Waals surface area contributed by atoms with Gasteiger partial charge in [0.05, 0.1) is 10.2 Å². The Hall–Kier alpha value is -0.460. The average molecular weight is 311 g/mol. The topological polar surface area (TPSA) is 70.4 Å². The molecule has 6 heteroatoms. The van der Waals surface area contributed by atoms with Crippen LogP contribution in [0, 0.1) is 0 Å². The van der Waals surface area contributed by atoms with Crippen LogP contribution in [0.5, 0.6) is 0 Å². The number of hydrogen-bond donors (Lipinski definition) is 2. The van der Waals surface area contributed by atoms with Crippen molar-refractivity contribution in [2.24, 2.45) is 0 Å². The van der Waals surface area contributed by atoms with Crippen LogP contribution in [0.3, 0.4) is 0 Å². The molecule has 0 radical (unpaired) electrons. The molecule has 0 saturated heterocycles. The fourth-order valence-corrected chi connectivity index (χ4v) is 1.26. The zero-order valence-corrected chi connectivity index (χ0v) is 9.41. The molecule has 0 saturated carbocycles. The maximum atomic E-state index is 10.4. The van der Waals surface area contributed by atoms with E-state index < -0.39 is 12.1 Å². The number of aliphatic hydroxyl groups excluding tert-OH is 1. The van der Waals surface area contributed by atoms with Gasteiger partial charge < -0.3 is 10.2 Å². The molecule has 0 aliphatic carbocycles. The van der Waals surface area contributed by atoms with Gasteiger partial charge in [-0.15, -0.1) is 0 Å². The van der Waals surface area contributed by atoms with Crippen molar-refractivity contribution in [3.8, 4) is 0 Å². The first-order valence-electron chi connectivity index (χ1n) is 3.24. The summed E-state index contributed by atoms with van der Waals surface area (Å²) < 4.78 is 1.35. The van der Waals surface area contributed by atoms with E-state index in [2.05, 4.69) is 36.8 Å². The minimum atomic E-state index is -1.58. The number of carboxylic acid groups (broad SMARTS) is 1. The zero-order valence-electron chi connectivity index (χ0n) is 6.24. The van der Waals surface area contributed by atoms with Crippen LogP contribution in [0.2, 0.25) is 0 Å². The molecule has 4 nitrogen and oxygen atoms in total. The molecule has 0 aliphatic heterocycles. The number of carbonyl (C=O) groups is 1. The van der Waals surface area contributed by atoms with Gasteiger partial charge in [0, 0.05) is 10.7 Å². The largest absolute Gasteiger partial charge is 0.479 e. The summed E-state index contributed by atoms with van der Waals surface area (Å²) in [5, 5.41) is 17.6. The summed E-state index contributed by atoms with van der Waals surface area (Å²) in [6.07, 6.45) is -0.157. The Morgan fingerprint density at radius 3 is 2.54 bits per heavy atom. The molecule has 0 aromatic carbocycles. The molecule has 1 aromatic rings. The fraction of sp³-hybridized carbons (Fsp3) is 0.143. The first kappa shape index (κ1) is 10.6. The lowest BCUT2D eigenvalue weighted by Gasteiger charge is -2.05. The SMILES string of the molecule is O=C(O)C(O)c1cc(Br)c(Br)cn1. The molecule has 1 heterocycles. The van der Waals surface area contributed by atoms with Crippen LogP contribution in [0.15, 0.2) is 21.2 Å². The predicted octanol–water partition coefficient (Wildman–Crippen LogP) is 1.72. The molecule has 0 spiro atoms. The maximum absolute atomic E-state index is 10.4. The van der Waals surface area contributed by atoms with Crippen LogP contribution in [0.25, 0.3) is 0 Å². The van der Waals surface area contributed by atoms with Crippen LogP contribution in [-0.2, 0) is 4.79 Å². The van der Waals surface area contributed by atoms with E-state index in [0.717, 1.165) is 0 Å². The summed E-state index contributed by atoms with van der Waals surface area (Å²) in [6.45, 7) is 0. The first-order valence-corrected chi connectivity index (χ1v) is 4.83. The highest BCUT2D eigenvalue weighted by Gasteiger charge is 2.17. The van der Waals surface area contributed by atoms with E-state index in [1.165, 1.54) is 12.3 Å². The minimum absolute atomic E-state index is 0.0996. The molecule has 1 atom stereocenters. The third-order valence-corrected chi connectivity index (χ3v) is 3.16. The van der Waals surface area contributed by atoms with Crippen LogP contribution in [-0.4, -0.2) is 21.2 Å². The number of aliphatic hydroxyl groups is 1. The van der Waals surface area contributed by atoms with Gasteiger partial charge in [0.1, 0.15) is 0 Å². The van der Waals surface area contributed by atoms with Crippen LogP contribution >= 0.6 is 31.9 Å². The second kappa shape index (κ2) is 4.17. The van der Waals surface area contributed by atoms with Gasteiger partial charge in [0.15, 0.2) is 6.10 Å². The molecule has 1 rings (SSSR count). The lowest BCUT2D eigenvalue weighted by atomic mass is 10.2. The van der Waals surface area contributed by atoms with Gasteiger partial charge in [-0.2, -0.15) is 0 Å². The Bertz CT molecular complexity index is 343. The van der Waals surface area contributed by atoms with Crippen LogP contribution in [0.1, 0.15) is 11.8 Å². The molecule has 1 unspecified atom stereocenters. The van der Waals surface area contributed by atoms with Crippen molar-refractivity contribution >= 4 is 37.8 Å². The van der Waals surface area contributed by atoms with Crippen molar-refractivity contribution in [2.45, 2.75) is 6.10 Å². The van der Waals surface area contributed by atoms with E-state index in [0.29, 0.717) is 8.95 Å². The summed E-state index contributed by atoms with van der Waals surface area (Å²) in [5.41, 5.74) is 0.0996.